The van der Waals surface area contributed by atoms with Gasteiger partial charge in [0.1, 0.15) is 23.2 Å². The van der Waals surface area contributed by atoms with E-state index in [9.17, 15) is 15.2 Å². The van der Waals surface area contributed by atoms with Crippen LogP contribution < -0.4 is 5.56 Å². The standard InChI is InChI=1S/C21H18N6O2/c1-27(12-19-23-15-7-3-2-6-13(15)21(29)26-19)11-18(28)14(10-22)20-24-16-8-4-5-9-17(16)25-20/h2-9,28H,11-12H2,1H3,(H,24,25)(H,23,26,29)/b18-14-. The number of imidazole rings is 1. The van der Waals surface area contributed by atoms with Gasteiger partial charge in [0, 0.05) is 0 Å². The number of nitrogens with zero attached hydrogens (tertiary/aromatic N) is 4. The van der Waals surface area contributed by atoms with Crippen LogP contribution >= 0.6 is 0 Å². The molecular formula is C21H18N6O2. The van der Waals surface area contributed by atoms with E-state index >= 15 is 0 Å². The number of H-pyrrole nitrogens is 2. The maximum absolute atomic E-state index is 12.2. The van der Waals surface area contributed by atoms with E-state index in [4.69, 9.17) is 0 Å². The first-order valence-electron chi connectivity index (χ1n) is 8.99. The predicted octanol–water partition coefficient (Wildman–Crippen LogP) is 2.72. The van der Waals surface area contributed by atoms with Crippen molar-refractivity contribution < 1.29 is 5.11 Å². The minimum atomic E-state index is -0.209. The fraction of sp³-hybridized carbons (Fsp3) is 0.143. The smallest absolute Gasteiger partial charge is 0.258 e. The summed E-state index contributed by atoms with van der Waals surface area (Å²) in [6.07, 6.45) is 0. The molecular weight excluding hydrogens is 368 g/mol. The molecule has 2 heterocycles. The van der Waals surface area contributed by atoms with Crippen LogP contribution in [0.5, 0.6) is 0 Å². The maximum Gasteiger partial charge on any atom is 0.258 e. The number of nitrogens with one attached hydrogen (secondary N) is 2. The number of likely N-dealkylation sites (N-methyl/N-ethyl adjacent to an activating group) is 1. The number of allylic oxidation sites excluding steroid dienone is 1. The van der Waals surface area contributed by atoms with Crippen LogP contribution in [0.2, 0.25) is 0 Å². The van der Waals surface area contributed by atoms with E-state index in [1.54, 1.807) is 30.1 Å². The highest BCUT2D eigenvalue weighted by Crippen LogP contribution is 2.19. The summed E-state index contributed by atoms with van der Waals surface area (Å²) in [6, 6.07) is 16.5. The molecule has 4 rings (SSSR count). The molecule has 0 spiro atoms. The van der Waals surface area contributed by atoms with Crippen LogP contribution in [-0.2, 0) is 6.54 Å². The summed E-state index contributed by atoms with van der Waals surface area (Å²) in [7, 11) is 1.76. The maximum atomic E-state index is 12.2. The second kappa shape index (κ2) is 7.58. The van der Waals surface area contributed by atoms with Gasteiger partial charge in [0.25, 0.3) is 5.56 Å². The minimum absolute atomic E-state index is 0.0769. The Morgan fingerprint density at radius 3 is 2.59 bits per heavy atom. The molecule has 0 bridgehead atoms. The Labute approximate surface area is 165 Å². The van der Waals surface area contributed by atoms with Gasteiger partial charge in [-0.15, -0.1) is 0 Å². The van der Waals surface area contributed by atoms with E-state index < -0.39 is 0 Å². The van der Waals surface area contributed by atoms with Crippen LogP contribution in [0, 0.1) is 11.3 Å². The Morgan fingerprint density at radius 2 is 1.83 bits per heavy atom. The highest BCUT2D eigenvalue weighted by atomic mass is 16.3. The number of rotatable bonds is 5. The van der Waals surface area contributed by atoms with Gasteiger partial charge in [-0.25, -0.2) is 9.97 Å². The number of hydrogen-bond donors (Lipinski definition) is 3. The van der Waals surface area contributed by atoms with Crippen molar-refractivity contribution in [2.24, 2.45) is 0 Å². The zero-order valence-electron chi connectivity index (χ0n) is 15.7. The van der Waals surface area contributed by atoms with Gasteiger partial charge in [-0.3, -0.25) is 9.69 Å². The van der Waals surface area contributed by atoms with E-state index in [-0.39, 0.29) is 23.4 Å². The molecule has 0 fully saturated rings. The molecule has 0 saturated carbocycles. The molecule has 0 aliphatic heterocycles. The van der Waals surface area contributed by atoms with Crippen molar-refractivity contribution in [2.45, 2.75) is 6.54 Å². The quantitative estimate of drug-likeness (QED) is 0.358. The van der Waals surface area contributed by atoms with Gasteiger partial charge in [-0.1, -0.05) is 24.3 Å². The lowest BCUT2D eigenvalue weighted by Gasteiger charge is -2.16. The van der Waals surface area contributed by atoms with Crippen molar-refractivity contribution in [1.82, 2.24) is 24.8 Å². The molecule has 2 aromatic carbocycles. The average molecular weight is 386 g/mol. The molecule has 0 aliphatic rings. The van der Waals surface area contributed by atoms with Crippen LogP contribution in [0.3, 0.4) is 0 Å². The molecule has 0 aliphatic carbocycles. The summed E-state index contributed by atoms with van der Waals surface area (Å²) in [5.74, 6) is 0.681. The average Bonchev–Trinajstić information content (AvgIpc) is 3.12. The second-order valence-corrected chi connectivity index (χ2v) is 6.74. The molecule has 144 valence electrons. The van der Waals surface area contributed by atoms with Crippen molar-refractivity contribution in [3.05, 3.63) is 76.3 Å². The number of nitriles is 1. The first kappa shape index (κ1) is 18.4. The van der Waals surface area contributed by atoms with Gasteiger partial charge in [-0.05, 0) is 31.3 Å². The highest BCUT2D eigenvalue weighted by molar-refractivity contribution is 5.82. The molecule has 0 saturated heterocycles. The van der Waals surface area contributed by atoms with Crippen molar-refractivity contribution in [3.8, 4) is 6.07 Å². The molecule has 4 aromatic rings. The Balaban J connectivity index is 1.57. The molecule has 8 heteroatoms. The normalized spacial score (nSPS) is 12.3. The number of hydrogen-bond acceptors (Lipinski definition) is 6. The Kier molecular flexibility index (Phi) is 4.81. The van der Waals surface area contributed by atoms with Crippen molar-refractivity contribution >= 4 is 27.5 Å². The van der Waals surface area contributed by atoms with E-state index in [0.29, 0.717) is 34.6 Å². The Morgan fingerprint density at radius 1 is 1.10 bits per heavy atom. The van der Waals surface area contributed by atoms with Gasteiger partial charge in [0.2, 0.25) is 0 Å². The van der Waals surface area contributed by atoms with E-state index in [1.165, 1.54) is 0 Å². The Hall–Kier alpha value is -3.96. The predicted molar refractivity (Wildman–Crippen MR) is 110 cm³/mol. The van der Waals surface area contributed by atoms with Crippen LogP contribution in [-0.4, -0.2) is 43.5 Å². The summed E-state index contributed by atoms with van der Waals surface area (Å²) >= 11 is 0. The van der Waals surface area contributed by atoms with Crippen LogP contribution in [0.15, 0.2) is 59.1 Å². The molecule has 8 nitrogen and oxygen atoms in total. The van der Waals surface area contributed by atoms with Crippen molar-refractivity contribution in [2.75, 3.05) is 13.6 Å². The SMILES string of the molecule is CN(C/C(O)=C(\C#N)c1nc2ccccc2[nH]1)Cc1nc2ccccc2c(=O)[nH]1. The molecule has 0 radical (unpaired) electrons. The van der Waals surface area contributed by atoms with Gasteiger partial charge >= 0.3 is 0 Å². The third-order valence-corrected chi connectivity index (χ3v) is 4.53. The fourth-order valence-corrected chi connectivity index (χ4v) is 3.18. The van der Waals surface area contributed by atoms with Crippen LogP contribution in [0.4, 0.5) is 0 Å². The highest BCUT2D eigenvalue weighted by Gasteiger charge is 2.15. The summed E-state index contributed by atoms with van der Waals surface area (Å²) in [6.45, 7) is 0.388. The largest absolute Gasteiger partial charge is 0.509 e. The molecule has 0 atom stereocenters. The number of aliphatic hydroxyl groups excluding tert-OH is 1. The lowest BCUT2D eigenvalue weighted by atomic mass is 10.2. The number of fused-ring (bicyclic) bond motifs is 2. The molecule has 0 amide bonds. The fourth-order valence-electron chi connectivity index (χ4n) is 3.18. The zero-order chi connectivity index (χ0) is 20.4. The van der Waals surface area contributed by atoms with Gasteiger partial charge in [-0.2, -0.15) is 5.26 Å². The summed E-state index contributed by atoms with van der Waals surface area (Å²) in [5.41, 5.74) is 1.98. The minimum Gasteiger partial charge on any atom is -0.509 e. The zero-order valence-corrected chi connectivity index (χ0v) is 15.7. The molecule has 3 N–H and O–H groups in total. The van der Waals surface area contributed by atoms with Gasteiger partial charge in [0.15, 0.2) is 5.82 Å². The van der Waals surface area contributed by atoms with E-state index in [1.807, 2.05) is 36.4 Å². The van der Waals surface area contributed by atoms with Crippen molar-refractivity contribution in [3.63, 3.8) is 0 Å². The van der Waals surface area contributed by atoms with E-state index in [2.05, 4.69) is 19.9 Å². The lowest BCUT2D eigenvalue weighted by molar-refractivity contribution is 0.281. The number of benzene rings is 2. The lowest BCUT2D eigenvalue weighted by Crippen LogP contribution is -2.24. The molecule has 0 unspecified atom stereocenters. The third kappa shape index (κ3) is 3.72. The van der Waals surface area contributed by atoms with Crippen LogP contribution in [0.1, 0.15) is 11.6 Å². The topological polar surface area (TPSA) is 122 Å². The van der Waals surface area contributed by atoms with Gasteiger partial charge in [0.05, 0.1) is 35.0 Å². The first-order valence-corrected chi connectivity index (χ1v) is 8.99. The monoisotopic (exact) mass is 386 g/mol. The summed E-state index contributed by atoms with van der Waals surface area (Å²) in [5, 5.41) is 20.6. The number of aromatic amines is 2. The summed E-state index contributed by atoms with van der Waals surface area (Å²) in [4.78, 5) is 28.6. The molecule has 29 heavy (non-hydrogen) atoms. The second-order valence-electron chi connectivity index (χ2n) is 6.74. The molecule has 2 aromatic heterocycles. The number of para-hydroxylation sites is 3. The van der Waals surface area contributed by atoms with Crippen molar-refractivity contribution in [1.29, 1.82) is 5.26 Å². The van der Waals surface area contributed by atoms with Gasteiger partial charge < -0.3 is 15.1 Å². The van der Waals surface area contributed by atoms with Crippen LogP contribution in [0.25, 0.3) is 27.5 Å². The van der Waals surface area contributed by atoms with E-state index in [0.717, 1.165) is 5.52 Å². The summed E-state index contributed by atoms with van der Waals surface area (Å²) < 4.78 is 0. The Bertz CT molecular complexity index is 1300. The number of aromatic nitrogens is 4. The number of aliphatic hydroxyl groups is 1. The first-order chi connectivity index (χ1) is 14.0. The third-order valence-electron chi connectivity index (χ3n) is 4.53.